The van der Waals surface area contributed by atoms with Crippen LogP contribution in [0.3, 0.4) is 0 Å². The van der Waals surface area contributed by atoms with Crippen molar-refractivity contribution in [3.8, 4) is 0 Å². The quantitative estimate of drug-likeness (QED) is 0.590. The average Bonchev–Trinajstić information content (AvgIpc) is 2.93. The topological polar surface area (TPSA) is 80.6 Å². The summed E-state index contributed by atoms with van der Waals surface area (Å²) in [5, 5.41) is 3.71. The van der Waals surface area contributed by atoms with Crippen LogP contribution in [0.2, 0.25) is 0 Å². The van der Waals surface area contributed by atoms with E-state index >= 15 is 0 Å². The van der Waals surface area contributed by atoms with Crippen LogP contribution in [0.5, 0.6) is 0 Å². The van der Waals surface area contributed by atoms with E-state index in [4.69, 9.17) is 4.74 Å². The van der Waals surface area contributed by atoms with Gasteiger partial charge >= 0.3 is 5.97 Å². The van der Waals surface area contributed by atoms with Crippen LogP contribution in [0, 0.1) is 0 Å². The largest absolute Gasteiger partial charge is 0.464 e. The summed E-state index contributed by atoms with van der Waals surface area (Å²) in [6, 6.07) is 7.17. The number of esters is 1. The SMILES string of the molecule is C=CC(=O)N1CC(NC(=O)Cn2c(C(=O)OC)cc3cc(Br)ccc32)C1. The molecule has 1 aliphatic rings. The van der Waals surface area contributed by atoms with Gasteiger partial charge in [-0.3, -0.25) is 9.59 Å². The Balaban J connectivity index is 1.75. The van der Waals surface area contributed by atoms with Crippen LogP contribution in [0.1, 0.15) is 10.5 Å². The van der Waals surface area contributed by atoms with Crippen molar-refractivity contribution in [3.63, 3.8) is 0 Å². The third kappa shape index (κ3) is 3.50. The first-order chi connectivity index (χ1) is 12.4. The molecule has 0 aliphatic carbocycles. The maximum absolute atomic E-state index is 12.4. The van der Waals surface area contributed by atoms with Crippen LogP contribution in [-0.2, 0) is 20.9 Å². The summed E-state index contributed by atoms with van der Waals surface area (Å²) >= 11 is 3.40. The molecule has 0 bridgehead atoms. The minimum atomic E-state index is -0.503. The molecule has 0 atom stereocenters. The number of aromatic nitrogens is 1. The number of hydrogen-bond acceptors (Lipinski definition) is 4. The van der Waals surface area contributed by atoms with Gasteiger partial charge in [-0.15, -0.1) is 0 Å². The highest BCUT2D eigenvalue weighted by atomic mass is 79.9. The first-order valence-electron chi connectivity index (χ1n) is 8.00. The van der Waals surface area contributed by atoms with Crippen molar-refractivity contribution in [1.82, 2.24) is 14.8 Å². The van der Waals surface area contributed by atoms with E-state index < -0.39 is 5.97 Å². The van der Waals surface area contributed by atoms with Gasteiger partial charge in [-0.2, -0.15) is 0 Å². The van der Waals surface area contributed by atoms with Gasteiger partial charge in [-0.1, -0.05) is 22.5 Å². The number of benzene rings is 1. The standard InChI is InChI=1S/C18H18BrN3O4/c1-3-17(24)21-8-13(9-21)20-16(23)10-22-14-5-4-12(19)6-11(14)7-15(22)18(25)26-2/h3-7,13H,1,8-10H2,2H3,(H,20,23). The van der Waals surface area contributed by atoms with E-state index in [-0.39, 0.29) is 24.4 Å². The highest BCUT2D eigenvalue weighted by Gasteiger charge is 2.30. The smallest absolute Gasteiger partial charge is 0.354 e. The van der Waals surface area contributed by atoms with Gasteiger partial charge in [0.25, 0.3) is 0 Å². The van der Waals surface area contributed by atoms with Gasteiger partial charge in [-0.05, 0) is 30.3 Å². The summed E-state index contributed by atoms with van der Waals surface area (Å²) in [6.07, 6.45) is 1.25. The van der Waals surface area contributed by atoms with Gasteiger partial charge in [0.2, 0.25) is 11.8 Å². The van der Waals surface area contributed by atoms with E-state index in [0.29, 0.717) is 18.8 Å². The molecule has 2 heterocycles. The van der Waals surface area contributed by atoms with Gasteiger partial charge in [0, 0.05) is 28.5 Å². The molecule has 3 rings (SSSR count). The lowest BCUT2D eigenvalue weighted by molar-refractivity contribution is -0.133. The Morgan fingerprint density at radius 1 is 1.35 bits per heavy atom. The third-order valence-electron chi connectivity index (χ3n) is 4.29. The van der Waals surface area contributed by atoms with Crippen molar-refractivity contribution in [3.05, 3.63) is 47.1 Å². The Hall–Kier alpha value is -2.61. The molecule has 1 aromatic carbocycles. The number of fused-ring (bicyclic) bond motifs is 1. The van der Waals surface area contributed by atoms with E-state index in [9.17, 15) is 14.4 Å². The molecule has 2 aromatic rings. The monoisotopic (exact) mass is 419 g/mol. The molecule has 1 fully saturated rings. The van der Waals surface area contributed by atoms with Gasteiger partial charge in [-0.25, -0.2) is 4.79 Å². The van der Waals surface area contributed by atoms with Gasteiger partial charge in [0.05, 0.1) is 13.2 Å². The van der Waals surface area contributed by atoms with Crippen molar-refractivity contribution < 1.29 is 19.1 Å². The molecule has 0 radical (unpaired) electrons. The molecule has 136 valence electrons. The number of rotatable bonds is 5. The first-order valence-corrected chi connectivity index (χ1v) is 8.80. The van der Waals surface area contributed by atoms with E-state index in [1.807, 2.05) is 18.2 Å². The highest BCUT2D eigenvalue weighted by Crippen LogP contribution is 2.24. The van der Waals surface area contributed by atoms with E-state index in [0.717, 1.165) is 15.4 Å². The molecule has 1 aliphatic heterocycles. The van der Waals surface area contributed by atoms with Gasteiger partial charge in [0.1, 0.15) is 12.2 Å². The Bertz CT molecular complexity index is 899. The molecule has 0 unspecified atom stereocenters. The maximum atomic E-state index is 12.4. The molecule has 1 saturated heterocycles. The fourth-order valence-electron chi connectivity index (χ4n) is 2.98. The van der Waals surface area contributed by atoms with Crippen LogP contribution < -0.4 is 5.32 Å². The van der Waals surface area contributed by atoms with E-state index in [1.165, 1.54) is 13.2 Å². The average molecular weight is 420 g/mol. The number of hydrogen-bond donors (Lipinski definition) is 1. The Labute approximate surface area is 158 Å². The van der Waals surface area contributed by atoms with Gasteiger partial charge < -0.3 is 19.5 Å². The second kappa shape index (κ2) is 7.33. The molecule has 0 spiro atoms. The maximum Gasteiger partial charge on any atom is 0.354 e. The van der Waals surface area contributed by atoms with E-state index in [1.54, 1.807) is 15.5 Å². The summed E-state index contributed by atoms with van der Waals surface area (Å²) < 4.78 is 7.34. The molecule has 26 heavy (non-hydrogen) atoms. The number of amides is 2. The van der Waals surface area contributed by atoms with Crippen molar-refractivity contribution in [1.29, 1.82) is 0 Å². The summed E-state index contributed by atoms with van der Waals surface area (Å²) in [6.45, 7) is 4.34. The molecule has 1 N–H and O–H groups in total. The fourth-order valence-corrected chi connectivity index (χ4v) is 3.36. The number of nitrogens with one attached hydrogen (secondary N) is 1. The summed E-state index contributed by atoms with van der Waals surface area (Å²) in [4.78, 5) is 37.5. The zero-order valence-corrected chi connectivity index (χ0v) is 15.8. The number of nitrogens with zero attached hydrogens (tertiary/aromatic N) is 2. The second-order valence-electron chi connectivity index (χ2n) is 6.02. The minimum Gasteiger partial charge on any atom is -0.464 e. The zero-order valence-electron chi connectivity index (χ0n) is 14.2. The Kier molecular flexibility index (Phi) is 5.13. The van der Waals surface area contributed by atoms with Crippen molar-refractivity contribution in [2.45, 2.75) is 12.6 Å². The molecule has 7 nitrogen and oxygen atoms in total. The number of methoxy groups -OCH3 is 1. The predicted molar refractivity (Wildman–Crippen MR) is 99.7 cm³/mol. The summed E-state index contributed by atoms with van der Waals surface area (Å²) in [7, 11) is 1.31. The lowest BCUT2D eigenvalue weighted by Crippen LogP contribution is -2.61. The number of ether oxygens (including phenoxy) is 1. The van der Waals surface area contributed by atoms with Crippen LogP contribution >= 0.6 is 15.9 Å². The normalized spacial score (nSPS) is 14.0. The second-order valence-corrected chi connectivity index (χ2v) is 6.94. The Morgan fingerprint density at radius 2 is 2.08 bits per heavy atom. The number of halogens is 1. The van der Waals surface area contributed by atoms with Crippen LogP contribution in [0.25, 0.3) is 10.9 Å². The van der Waals surface area contributed by atoms with Crippen LogP contribution in [0.15, 0.2) is 41.4 Å². The number of likely N-dealkylation sites (tertiary alicyclic amines) is 1. The summed E-state index contributed by atoms with van der Waals surface area (Å²) in [5.74, 6) is -0.881. The number of carbonyl (C=O) groups excluding carboxylic acids is 3. The van der Waals surface area contributed by atoms with Crippen molar-refractivity contribution in [2.75, 3.05) is 20.2 Å². The van der Waals surface area contributed by atoms with Gasteiger partial charge in [0.15, 0.2) is 0 Å². The minimum absolute atomic E-state index is 0.0124. The summed E-state index contributed by atoms with van der Waals surface area (Å²) in [5.41, 5.74) is 1.08. The van der Waals surface area contributed by atoms with Crippen LogP contribution in [0.4, 0.5) is 0 Å². The molecule has 8 heteroatoms. The first kappa shape index (κ1) is 18.2. The number of carbonyl (C=O) groups is 3. The third-order valence-corrected chi connectivity index (χ3v) is 4.79. The van der Waals surface area contributed by atoms with Crippen molar-refractivity contribution in [2.24, 2.45) is 0 Å². The lowest BCUT2D eigenvalue weighted by atomic mass is 10.1. The fraction of sp³-hybridized carbons (Fsp3) is 0.278. The molecule has 2 amide bonds. The van der Waals surface area contributed by atoms with E-state index in [2.05, 4.69) is 27.8 Å². The van der Waals surface area contributed by atoms with Crippen molar-refractivity contribution >= 4 is 44.6 Å². The molecular weight excluding hydrogens is 402 g/mol. The zero-order chi connectivity index (χ0) is 18.8. The predicted octanol–water partition coefficient (Wildman–Crippen LogP) is 1.70. The van der Waals surface area contributed by atoms with Crippen LogP contribution in [-0.4, -0.2) is 53.5 Å². The molecule has 1 aromatic heterocycles. The Morgan fingerprint density at radius 3 is 2.73 bits per heavy atom. The highest BCUT2D eigenvalue weighted by molar-refractivity contribution is 9.10. The lowest BCUT2D eigenvalue weighted by Gasteiger charge is -2.38. The molecule has 0 saturated carbocycles. The molecular formula is C18H18BrN3O4.